The number of nitrogen functional groups attached to an aromatic ring is 1. The second-order valence-electron chi connectivity index (χ2n) is 4.54. The van der Waals surface area contributed by atoms with Crippen LogP contribution in [0.1, 0.15) is 5.56 Å². The standard InChI is InChI=1S/C14H16N6O2/c1-21-9-5-3-4-8(11(9)22-2)6-16-14-19-12(15)10-13(20-14)18-7-17-10/h3-5,7H,6H2,1-2H3,(H4,15,16,17,18,19,20). The third-order valence-corrected chi connectivity index (χ3v) is 3.24. The number of ether oxygens (including phenoxy) is 2. The van der Waals surface area contributed by atoms with E-state index in [2.05, 4.69) is 25.3 Å². The Morgan fingerprint density at radius 3 is 2.86 bits per heavy atom. The molecule has 0 fully saturated rings. The fraction of sp³-hybridized carbons (Fsp3) is 0.214. The first-order valence-corrected chi connectivity index (χ1v) is 6.63. The Morgan fingerprint density at radius 2 is 2.09 bits per heavy atom. The summed E-state index contributed by atoms with van der Waals surface area (Å²) in [6.45, 7) is 0.468. The largest absolute Gasteiger partial charge is 0.493 e. The van der Waals surface area contributed by atoms with Crippen LogP contribution >= 0.6 is 0 Å². The minimum Gasteiger partial charge on any atom is -0.493 e. The van der Waals surface area contributed by atoms with Gasteiger partial charge >= 0.3 is 0 Å². The van der Waals surface area contributed by atoms with Crippen molar-refractivity contribution in [2.45, 2.75) is 6.54 Å². The predicted octanol–water partition coefficient (Wildman–Crippen LogP) is 1.56. The molecule has 0 amide bonds. The van der Waals surface area contributed by atoms with Crippen LogP contribution in [0.2, 0.25) is 0 Å². The van der Waals surface area contributed by atoms with E-state index in [0.717, 1.165) is 5.56 Å². The van der Waals surface area contributed by atoms with E-state index in [-0.39, 0.29) is 0 Å². The third kappa shape index (κ3) is 2.46. The second-order valence-corrected chi connectivity index (χ2v) is 4.54. The molecule has 4 N–H and O–H groups in total. The van der Waals surface area contributed by atoms with Gasteiger partial charge in [-0.25, -0.2) is 4.98 Å². The molecule has 8 nitrogen and oxygen atoms in total. The maximum atomic E-state index is 5.87. The zero-order chi connectivity index (χ0) is 15.5. The number of H-pyrrole nitrogens is 1. The number of para-hydroxylation sites is 1. The molecule has 0 aliphatic heterocycles. The molecule has 8 heteroatoms. The predicted molar refractivity (Wildman–Crippen MR) is 83.0 cm³/mol. The summed E-state index contributed by atoms with van der Waals surface area (Å²) in [7, 11) is 3.20. The first kappa shape index (κ1) is 13.9. The third-order valence-electron chi connectivity index (χ3n) is 3.24. The van der Waals surface area contributed by atoms with Gasteiger partial charge in [0, 0.05) is 12.1 Å². The summed E-state index contributed by atoms with van der Waals surface area (Å²) in [4.78, 5) is 15.5. The van der Waals surface area contributed by atoms with E-state index in [1.165, 1.54) is 6.33 Å². The van der Waals surface area contributed by atoms with E-state index >= 15 is 0 Å². The van der Waals surface area contributed by atoms with Crippen LogP contribution < -0.4 is 20.5 Å². The van der Waals surface area contributed by atoms with Gasteiger partial charge in [-0.05, 0) is 6.07 Å². The van der Waals surface area contributed by atoms with Crippen molar-refractivity contribution in [1.82, 2.24) is 19.9 Å². The van der Waals surface area contributed by atoms with Crippen molar-refractivity contribution in [3.05, 3.63) is 30.1 Å². The first-order valence-electron chi connectivity index (χ1n) is 6.63. The van der Waals surface area contributed by atoms with Crippen molar-refractivity contribution < 1.29 is 9.47 Å². The number of imidazole rings is 1. The Morgan fingerprint density at radius 1 is 1.23 bits per heavy atom. The highest BCUT2D eigenvalue weighted by Crippen LogP contribution is 2.31. The van der Waals surface area contributed by atoms with E-state index in [0.29, 0.717) is 41.0 Å². The zero-order valence-electron chi connectivity index (χ0n) is 12.3. The van der Waals surface area contributed by atoms with Crippen LogP contribution in [0, 0.1) is 0 Å². The number of benzene rings is 1. The Hall–Kier alpha value is -3.03. The number of methoxy groups -OCH3 is 2. The number of fused-ring (bicyclic) bond motifs is 1. The molecule has 3 rings (SSSR count). The number of nitrogens with one attached hydrogen (secondary N) is 2. The lowest BCUT2D eigenvalue weighted by Crippen LogP contribution is -2.07. The monoisotopic (exact) mass is 300 g/mol. The van der Waals surface area contributed by atoms with Gasteiger partial charge in [0.2, 0.25) is 5.95 Å². The highest BCUT2D eigenvalue weighted by atomic mass is 16.5. The molecule has 2 aromatic heterocycles. The first-order chi connectivity index (χ1) is 10.7. The summed E-state index contributed by atoms with van der Waals surface area (Å²) in [5.74, 6) is 2.10. The second kappa shape index (κ2) is 5.76. The molecular weight excluding hydrogens is 284 g/mol. The SMILES string of the molecule is COc1cccc(CNc2nc(N)c3[nH]cnc3n2)c1OC. The number of hydrogen-bond acceptors (Lipinski definition) is 7. The van der Waals surface area contributed by atoms with Crippen molar-refractivity contribution >= 4 is 22.9 Å². The lowest BCUT2D eigenvalue weighted by molar-refractivity contribution is 0.352. The van der Waals surface area contributed by atoms with Crippen molar-refractivity contribution in [3.8, 4) is 11.5 Å². The zero-order valence-corrected chi connectivity index (χ0v) is 12.3. The minimum atomic E-state index is 0.350. The number of aromatic nitrogens is 4. The van der Waals surface area contributed by atoms with Crippen molar-refractivity contribution in [2.75, 3.05) is 25.3 Å². The highest BCUT2D eigenvalue weighted by Gasteiger charge is 2.11. The van der Waals surface area contributed by atoms with Crippen LogP contribution in [0.4, 0.5) is 11.8 Å². The lowest BCUT2D eigenvalue weighted by atomic mass is 10.2. The van der Waals surface area contributed by atoms with Crippen molar-refractivity contribution in [3.63, 3.8) is 0 Å². The number of aromatic amines is 1. The molecule has 3 aromatic rings. The Kier molecular flexibility index (Phi) is 3.65. The lowest BCUT2D eigenvalue weighted by Gasteiger charge is -2.13. The Balaban J connectivity index is 1.85. The molecule has 0 spiro atoms. The maximum Gasteiger partial charge on any atom is 0.227 e. The average Bonchev–Trinajstić information content (AvgIpc) is 3.01. The van der Waals surface area contributed by atoms with Crippen molar-refractivity contribution in [1.29, 1.82) is 0 Å². The summed E-state index contributed by atoms with van der Waals surface area (Å²) in [5.41, 5.74) is 7.94. The van der Waals surface area contributed by atoms with E-state index in [1.807, 2.05) is 18.2 Å². The molecule has 0 atom stereocenters. The van der Waals surface area contributed by atoms with E-state index in [4.69, 9.17) is 15.2 Å². The summed E-state index contributed by atoms with van der Waals surface area (Å²) in [5, 5.41) is 3.12. The normalized spacial score (nSPS) is 10.6. The van der Waals surface area contributed by atoms with Gasteiger partial charge < -0.3 is 25.5 Å². The molecule has 2 heterocycles. The maximum absolute atomic E-state index is 5.87. The van der Waals surface area contributed by atoms with Gasteiger partial charge in [0.15, 0.2) is 23.0 Å². The fourth-order valence-corrected chi connectivity index (χ4v) is 2.20. The molecule has 114 valence electrons. The van der Waals surface area contributed by atoms with Crippen molar-refractivity contribution in [2.24, 2.45) is 0 Å². The Bertz CT molecular complexity index is 801. The van der Waals surface area contributed by atoms with Gasteiger partial charge in [0.1, 0.15) is 5.52 Å². The van der Waals surface area contributed by atoms with E-state index < -0.39 is 0 Å². The molecule has 0 saturated carbocycles. The summed E-state index contributed by atoms with van der Waals surface area (Å²) < 4.78 is 10.7. The van der Waals surface area contributed by atoms with Crippen LogP contribution in [0.3, 0.4) is 0 Å². The van der Waals surface area contributed by atoms with E-state index in [1.54, 1.807) is 14.2 Å². The number of nitrogens with zero attached hydrogens (tertiary/aromatic N) is 3. The summed E-state index contributed by atoms with van der Waals surface area (Å²) in [6, 6.07) is 5.67. The topological polar surface area (TPSA) is 111 Å². The molecule has 0 saturated heterocycles. The van der Waals surface area contributed by atoms with Gasteiger partial charge in [-0.1, -0.05) is 12.1 Å². The fourth-order valence-electron chi connectivity index (χ4n) is 2.20. The number of hydrogen-bond donors (Lipinski definition) is 3. The molecule has 22 heavy (non-hydrogen) atoms. The molecule has 0 aliphatic carbocycles. The minimum absolute atomic E-state index is 0.350. The molecule has 1 aromatic carbocycles. The summed E-state index contributed by atoms with van der Waals surface area (Å²) >= 11 is 0. The molecule has 0 radical (unpaired) electrons. The van der Waals surface area contributed by atoms with Gasteiger partial charge in [0.25, 0.3) is 0 Å². The van der Waals surface area contributed by atoms with Crippen LogP contribution in [0.15, 0.2) is 24.5 Å². The highest BCUT2D eigenvalue weighted by molar-refractivity contribution is 5.82. The summed E-state index contributed by atoms with van der Waals surface area (Å²) in [6.07, 6.45) is 1.53. The molecule has 0 unspecified atom stereocenters. The Labute approximate surface area is 126 Å². The number of anilines is 2. The van der Waals surface area contributed by atoms with Gasteiger partial charge in [-0.2, -0.15) is 9.97 Å². The van der Waals surface area contributed by atoms with Crippen LogP contribution in [0.5, 0.6) is 11.5 Å². The molecule has 0 bridgehead atoms. The van der Waals surface area contributed by atoms with Crippen LogP contribution in [-0.2, 0) is 6.54 Å². The van der Waals surface area contributed by atoms with E-state index in [9.17, 15) is 0 Å². The molecular formula is C14H16N6O2. The number of nitrogens with two attached hydrogens (primary N) is 1. The van der Waals surface area contributed by atoms with Crippen LogP contribution in [0.25, 0.3) is 11.2 Å². The average molecular weight is 300 g/mol. The van der Waals surface area contributed by atoms with Gasteiger partial charge in [-0.15, -0.1) is 0 Å². The number of rotatable bonds is 5. The smallest absolute Gasteiger partial charge is 0.227 e. The van der Waals surface area contributed by atoms with Gasteiger partial charge in [0.05, 0.1) is 20.5 Å². The van der Waals surface area contributed by atoms with Gasteiger partial charge in [-0.3, -0.25) is 0 Å². The quantitative estimate of drug-likeness (QED) is 0.655. The van der Waals surface area contributed by atoms with Crippen LogP contribution in [-0.4, -0.2) is 34.2 Å². The molecule has 0 aliphatic rings.